The molecule has 2 aromatic carbocycles. The molecule has 152 valence electrons. The van der Waals surface area contributed by atoms with Crippen LogP contribution in [0, 0.1) is 5.82 Å². The van der Waals surface area contributed by atoms with Crippen molar-refractivity contribution in [1.29, 1.82) is 0 Å². The minimum Gasteiger partial charge on any atom is -0.497 e. The van der Waals surface area contributed by atoms with Gasteiger partial charge in [-0.2, -0.15) is 13.2 Å². The largest absolute Gasteiger partial charge is 0.497 e. The van der Waals surface area contributed by atoms with E-state index in [0.717, 1.165) is 18.2 Å². The van der Waals surface area contributed by atoms with Gasteiger partial charge in [0.05, 0.1) is 32.1 Å². The first-order chi connectivity index (χ1) is 13.2. The van der Waals surface area contributed by atoms with Gasteiger partial charge in [0.1, 0.15) is 23.1 Å². The molecule has 0 aliphatic rings. The Balaban J connectivity index is 2.03. The van der Waals surface area contributed by atoms with Crippen LogP contribution in [0.25, 0.3) is 0 Å². The first-order valence-electron chi connectivity index (χ1n) is 7.96. The molecule has 6 nitrogen and oxygen atoms in total. The third kappa shape index (κ3) is 6.22. The van der Waals surface area contributed by atoms with Gasteiger partial charge in [-0.05, 0) is 24.3 Å². The van der Waals surface area contributed by atoms with E-state index < -0.39 is 24.5 Å². The van der Waals surface area contributed by atoms with Gasteiger partial charge >= 0.3 is 6.18 Å². The minimum atomic E-state index is -4.55. The zero-order valence-corrected chi connectivity index (χ0v) is 15.0. The van der Waals surface area contributed by atoms with Crippen molar-refractivity contribution in [1.82, 2.24) is 0 Å². The monoisotopic (exact) mass is 402 g/mol. The fraction of sp³-hybridized carbons (Fsp3) is 0.278. The quantitative estimate of drug-likeness (QED) is 0.657. The van der Waals surface area contributed by atoms with E-state index >= 15 is 0 Å². The number of benzene rings is 2. The lowest BCUT2D eigenvalue weighted by atomic mass is 10.2. The lowest BCUT2D eigenvalue weighted by molar-refractivity contribution is -0.153. The summed E-state index contributed by atoms with van der Waals surface area (Å²) in [5.74, 6) is -0.575. The van der Waals surface area contributed by atoms with E-state index in [9.17, 15) is 22.4 Å². The number of methoxy groups -OCH3 is 2. The first-order valence-corrected chi connectivity index (χ1v) is 7.96. The van der Waals surface area contributed by atoms with Crippen molar-refractivity contribution >= 4 is 17.3 Å². The molecule has 0 aromatic heterocycles. The zero-order chi connectivity index (χ0) is 20.7. The Labute approximate surface area is 158 Å². The van der Waals surface area contributed by atoms with Crippen molar-refractivity contribution in [3.05, 3.63) is 42.2 Å². The van der Waals surface area contributed by atoms with Crippen LogP contribution in [0.5, 0.6) is 17.2 Å². The number of nitrogens with one attached hydrogen (secondary N) is 2. The first kappa shape index (κ1) is 21.1. The molecule has 2 N–H and O–H groups in total. The second kappa shape index (κ2) is 9.16. The van der Waals surface area contributed by atoms with E-state index in [1.165, 1.54) is 14.2 Å². The highest BCUT2D eigenvalue weighted by atomic mass is 19.4. The number of hydrogen-bond donors (Lipinski definition) is 2. The summed E-state index contributed by atoms with van der Waals surface area (Å²) in [4.78, 5) is 12.1. The summed E-state index contributed by atoms with van der Waals surface area (Å²) in [7, 11) is 2.90. The summed E-state index contributed by atoms with van der Waals surface area (Å²) >= 11 is 0. The molecule has 0 unspecified atom stereocenters. The van der Waals surface area contributed by atoms with E-state index in [1.54, 1.807) is 18.2 Å². The van der Waals surface area contributed by atoms with Crippen LogP contribution in [0.4, 0.5) is 28.9 Å². The molecular formula is C18H18F4N2O4. The van der Waals surface area contributed by atoms with E-state index in [0.29, 0.717) is 17.2 Å². The van der Waals surface area contributed by atoms with Crippen molar-refractivity contribution in [3.8, 4) is 17.2 Å². The number of amides is 1. The fourth-order valence-electron chi connectivity index (χ4n) is 2.20. The van der Waals surface area contributed by atoms with Crippen LogP contribution >= 0.6 is 0 Å². The molecule has 0 aliphatic heterocycles. The Morgan fingerprint density at radius 3 is 2.39 bits per heavy atom. The smallest absolute Gasteiger partial charge is 0.422 e. The predicted molar refractivity (Wildman–Crippen MR) is 94.6 cm³/mol. The van der Waals surface area contributed by atoms with Gasteiger partial charge in [0.2, 0.25) is 5.91 Å². The summed E-state index contributed by atoms with van der Waals surface area (Å²) in [6, 6.07) is 7.69. The molecule has 28 heavy (non-hydrogen) atoms. The van der Waals surface area contributed by atoms with Crippen molar-refractivity contribution in [2.24, 2.45) is 0 Å². The topological polar surface area (TPSA) is 68.8 Å². The van der Waals surface area contributed by atoms with Crippen LogP contribution in [0.1, 0.15) is 0 Å². The molecule has 0 atom stereocenters. The number of hydrogen-bond acceptors (Lipinski definition) is 5. The predicted octanol–water partition coefficient (Wildman–Crippen LogP) is 3.83. The van der Waals surface area contributed by atoms with Gasteiger partial charge in [-0.3, -0.25) is 4.79 Å². The van der Waals surface area contributed by atoms with Crippen LogP contribution in [0.3, 0.4) is 0 Å². The third-order valence-electron chi connectivity index (χ3n) is 3.46. The summed E-state index contributed by atoms with van der Waals surface area (Å²) in [5, 5.41) is 5.14. The second-order valence-electron chi connectivity index (χ2n) is 5.51. The van der Waals surface area contributed by atoms with Gasteiger partial charge in [0, 0.05) is 12.1 Å². The zero-order valence-electron chi connectivity index (χ0n) is 15.0. The van der Waals surface area contributed by atoms with Crippen molar-refractivity contribution < 1.29 is 36.6 Å². The molecule has 0 fully saturated rings. The van der Waals surface area contributed by atoms with Gasteiger partial charge in [-0.1, -0.05) is 0 Å². The van der Waals surface area contributed by atoms with Crippen LogP contribution in [-0.2, 0) is 4.79 Å². The van der Waals surface area contributed by atoms with Crippen LogP contribution in [-0.4, -0.2) is 39.5 Å². The number of rotatable bonds is 8. The summed E-state index contributed by atoms with van der Waals surface area (Å²) < 4.78 is 65.3. The fourth-order valence-corrected chi connectivity index (χ4v) is 2.20. The number of carbonyl (C=O) groups is 1. The number of alkyl halides is 3. The van der Waals surface area contributed by atoms with E-state index in [2.05, 4.69) is 15.4 Å². The Morgan fingerprint density at radius 1 is 1.00 bits per heavy atom. The lowest BCUT2D eigenvalue weighted by Crippen LogP contribution is -2.23. The molecule has 2 rings (SSSR count). The maximum atomic E-state index is 13.4. The minimum absolute atomic E-state index is 0.0823. The van der Waals surface area contributed by atoms with Crippen LogP contribution < -0.4 is 24.8 Å². The molecular weight excluding hydrogens is 384 g/mol. The van der Waals surface area contributed by atoms with Crippen molar-refractivity contribution in [2.75, 3.05) is 38.0 Å². The molecule has 10 heteroatoms. The van der Waals surface area contributed by atoms with Gasteiger partial charge in [-0.25, -0.2) is 4.39 Å². The van der Waals surface area contributed by atoms with E-state index in [1.807, 2.05) is 0 Å². The average molecular weight is 402 g/mol. The second-order valence-corrected chi connectivity index (χ2v) is 5.51. The summed E-state index contributed by atoms with van der Waals surface area (Å²) in [6.07, 6.45) is -4.55. The van der Waals surface area contributed by atoms with Crippen LogP contribution in [0.15, 0.2) is 36.4 Å². The molecule has 0 radical (unpaired) electrons. The molecule has 2 aromatic rings. The number of anilines is 2. The standard InChI is InChI=1S/C18H18F4N2O4/c1-26-12-4-5-13(16(8-12)27-2)24-17(25)9-23-14-7-11(19)3-6-15(14)28-10-18(20,21)22/h3-8,23H,9-10H2,1-2H3,(H,24,25). The SMILES string of the molecule is COc1ccc(NC(=O)CNc2cc(F)ccc2OCC(F)(F)F)c(OC)c1. The van der Waals surface area contributed by atoms with Gasteiger partial charge < -0.3 is 24.8 Å². The van der Waals surface area contributed by atoms with E-state index in [-0.39, 0.29) is 18.0 Å². The van der Waals surface area contributed by atoms with Gasteiger partial charge in [-0.15, -0.1) is 0 Å². The van der Waals surface area contributed by atoms with Crippen molar-refractivity contribution in [2.45, 2.75) is 6.18 Å². The number of carbonyl (C=O) groups excluding carboxylic acids is 1. The molecule has 0 saturated heterocycles. The molecule has 0 bridgehead atoms. The third-order valence-corrected chi connectivity index (χ3v) is 3.46. The van der Waals surface area contributed by atoms with Crippen LogP contribution in [0.2, 0.25) is 0 Å². The lowest BCUT2D eigenvalue weighted by Gasteiger charge is -2.15. The Hall–Kier alpha value is -3.17. The Bertz CT molecular complexity index is 828. The van der Waals surface area contributed by atoms with Crippen molar-refractivity contribution in [3.63, 3.8) is 0 Å². The highest BCUT2D eigenvalue weighted by Crippen LogP contribution is 2.30. The summed E-state index contributed by atoms with van der Waals surface area (Å²) in [5.41, 5.74) is 0.281. The highest BCUT2D eigenvalue weighted by Gasteiger charge is 2.29. The Morgan fingerprint density at radius 2 is 1.75 bits per heavy atom. The molecule has 0 spiro atoms. The highest BCUT2D eigenvalue weighted by molar-refractivity contribution is 5.95. The van der Waals surface area contributed by atoms with Gasteiger partial charge in [0.25, 0.3) is 0 Å². The molecule has 0 aliphatic carbocycles. The average Bonchev–Trinajstić information content (AvgIpc) is 2.65. The van der Waals surface area contributed by atoms with E-state index in [4.69, 9.17) is 9.47 Å². The van der Waals surface area contributed by atoms with Gasteiger partial charge in [0.15, 0.2) is 6.61 Å². The normalized spacial score (nSPS) is 10.9. The maximum absolute atomic E-state index is 13.4. The number of halogens is 4. The Kier molecular flexibility index (Phi) is 6.91. The molecule has 0 saturated carbocycles. The summed E-state index contributed by atoms with van der Waals surface area (Å²) in [6.45, 7) is -1.89. The number of ether oxygens (including phenoxy) is 3. The molecule has 0 heterocycles. The maximum Gasteiger partial charge on any atom is 0.422 e. The molecule has 1 amide bonds.